The van der Waals surface area contributed by atoms with Crippen molar-refractivity contribution in [2.45, 2.75) is 43.4 Å². The second-order valence-electron chi connectivity index (χ2n) is 5.85. The van der Waals surface area contributed by atoms with Crippen molar-refractivity contribution in [1.82, 2.24) is 5.32 Å². The summed E-state index contributed by atoms with van der Waals surface area (Å²) in [5.74, 6) is 0. The third kappa shape index (κ3) is 3.02. The Balaban J connectivity index is 1.87. The SMILES string of the molecule is CCNC(c1ccc(C)c(C)c1)C1Cc2ccccc2S1. The van der Waals surface area contributed by atoms with Crippen molar-refractivity contribution in [3.63, 3.8) is 0 Å². The number of thioether (sulfide) groups is 1. The maximum absolute atomic E-state index is 3.70. The largest absolute Gasteiger partial charge is 0.309 e. The molecule has 0 saturated heterocycles. The summed E-state index contributed by atoms with van der Waals surface area (Å²) in [6, 6.07) is 16.1. The number of aryl methyl sites for hydroxylation is 2. The first-order valence-corrected chi connectivity index (χ1v) is 8.62. The second-order valence-corrected chi connectivity index (χ2v) is 7.13. The highest BCUT2D eigenvalue weighted by Crippen LogP contribution is 2.42. The molecule has 1 nitrogen and oxygen atoms in total. The average Bonchev–Trinajstić information content (AvgIpc) is 2.91. The number of rotatable bonds is 4. The molecule has 0 bridgehead atoms. The van der Waals surface area contributed by atoms with Gasteiger partial charge >= 0.3 is 0 Å². The van der Waals surface area contributed by atoms with E-state index in [-0.39, 0.29) is 0 Å². The predicted octanol–water partition coefficient (Wildman–Crippen LogP) is 4.67. The topological polar surface area (TPSA) is 12.0 Å². The van der Waals surface area contributed by atoms with E-state index in [1.165, 1.54) is 27.1 Å². The summed E-state index contributed by atoms with van der Waals surface area (Å²) in [6.45, 7) is 7.59. The van der Waals surface area contributed by atoms with Crippen molar-refractivity contribution >= 4 is 11.8 Å². The van der Waals surface area contributed by atoms with E-state index in [1.54, 1.807) is 0 Å². The molecule has 110 valence electrons. The molecule has 0 spiro atoms. The Kier molecular flexibility index (Phi) is 4.37. The summed E-state index contributed by atoms with van der Waals surface area (Å²) in [7, 11) is 0. The van der Waals surface area contributed by atoms with Gasteiger partial charge in [-0.15, -0.1) is 11.8 Å². The Morgan fingerprint density at radius 3 is 2.67 bits per heavy atom. The highest BCUT2D eigenvalue weighted by atomic mass is 32.2. The smallest absolute Gasteiger partial charge is 0.0447 e. The third-order valence-electron chi connectivity index (χ3n) is 4.36. The number of fused-ring (bicyclic) bond motifs is 1. The fraction of sp³-hybridized carbons (Fsp3) is 0.368. The maximum Gasteiger partial charge on any atom is 0.0447 e. The van der Waals surface area contributed by atoms with Gasteiger partial charge in [-0.1, -0.05) is 43.3 Å². The lowest BCUT2D eigenvalue weighted by Crippen LogP contribution is -2.30. The van der Waals surface area contributed by atoms with Gasteiger partial charge in [-0.05, 0) is 55.1 Å². The van der Waals surface area contributed by atoms with Crippen LogP contribution in [0.15, 0.2) is 47.4 Å². The van der Waals surface area contributed by atoms with Crippen molar-refractivity contribution in [2.75, 3.05) is 6.54 Å². The van der Waals surface area contributed by atoms with Crippen molar-refractivity contribution < 1.29 is 0 Å². The zero-order valence-electron chi connectivity index (χ0n) is 13.0. The Morgan fingerprint density at radius 1 is 1.14 bits per heavy atom. The number of hydrogen-bond donors (Lipinski definition) is 1. The first-order valence-electron chi connectivity index (χ1n) is 7.74. The highest BCUT2D eigenvalue weighted by molar-refractivity contribution is 8.00. The van der Waals surface area contributed by atoms with Crippen LogP contribution in [0.3, 0.4) is 0 Å². The van der Waals surface area contributed by atoms with Gasteiger partial charge in [-0.2, -0.15) is 0 Å². The molecule has 21 heavy (non-hydrogen) atoms. The molecule has 2 unspecified atom stereocenters. The first kappa shape index (κ1) is 14.7. The molecule has 1 aliphatic heterocycles. The molecule has 2 aromatic rings. The van der Waals surface area contributed by atoms with Gasteiger partial charge in [0, 0.05) is 16.2 Å². The molecular formula is C19H23NS. The Morgan fingerprint density at radius 2 is 1.95 bits per heavy atom. The standard InChI is InChI=1S/C19H23NS/c1-4-20-19(16-10-9-13(2)14(3)11-16)18-12-15-7-5-6-8-17(15)21-18/h5-11,18-20H,4,12H2,1-3H3. The van der Waals surface area contributed by atoms with Crippen LogP contribution >= 0.6 is 11.8 Å². The van der Waals surface area contributed by atoms with E-state index in [2.05, 4.69) is 68.6 Å². The monoisotopic (exact) mass is 297 g/mol. The minimum Gasteiger partial charge on any atom is -0.309 e. The molecule has 0 radical (unpaired) electrons. The van der Waals surface area contributed by atoms with Crippen molar-refractivity contribution in [1.29, 1.82) is 0 Å². The lowest BCUT2D eigenvalue weighted by atomic mass is 9.96. The molecule has 1 heterocycles. The average molecular weight is 297 g/mol. The Hall–Kier alpha value is -1.25. The maximum atomic E-state index is 3.70. The summed E-state index contributed by atoms with van der Waals surface area (Å²) < 4.78 is 0. The van der Waals surface area contributed by atoms with Crippen LogP contribution in [0, 0.1) is 13.8 Å². The predicted molar refractivity (Wildman–Crippen MR) is 92.1 cm³/mol. The van der Waals surface area contributed by atoms with Gasteiger partial charge < -0.3 is 5.32 Å². The van der Waals surface area contributed by atoms with Gasteiger partial charge in [0.1, 0.15) is 0 Å². The molecule has 2 aromatic carbocycles. The van der Waals surface area contributed by atoms with Gasteiger partial charge in [0.2, 0.25) is 0 Å². The van der Waals surface area contributed by atoms with E-state index < -0.39 is 0 Å². The van der Waals surface area contributed by atoms with E-state index in [1.807, 2.05) is 11.8 Å². The normalized spacial score (nSPS) is 18.5. The fourth-order valence-electron chi connectivity index (χ4n) is 3.04. The second kappa shape index (κ2) is 6.25. The molecule has 0 fully saturated rings. The van der Waals surface area contributed by atoms with Crippen LogP contribution in [0.2, 0.25) is 0 Å². The molecule has 0 saturated carbocycles. The van der Waals surface area contributed by atoms with Crippen LogP contribution in [-0.4, -0.2) is 11.8 Å². The van der Waals surface area contributed by atoms with Gasteiger partial charge in [0.15, 0.2) is 0 Å². The summed E-state index contributed by atoms with van der Waals surface area (Å²) in [5.41, 5.74) is 5.68. The van der Waals surface area contributed by atoms with E-state index in [4.69, 9.17) is 0 Å². The quantitative estimate of drug-likeness (QED) is 0.880. The highest BCUT2D eigenvalue weighted by Gasteiger charge is 2.29. The van der Waals surface area contributed by atoms with Crippen molar-refractivity contribution in [2.24, 2.45) is 0 Å². The van der Waals surface area contributed by atoms with Gasteiger partial charge in [-0.3, -0.25) is 0 Å². The third-order valence-corrected chi connectivity index (χ3v) is 5.75. The number of benzene rings is 2. The fourth-order valence-corrected chi connectivity index (χ4v) is 4.48. The van der Waals surface area contributed by atoms with Crippen LogP contribution < -0.4 is 5.32 Å². The molecule has 2 heteroatoms. The lowest BCUT2D eigenvalue weighted by Gasteiger charge is -2.25. The summed E-state index contributed by atoms with van der Waals surface area (Å²) in [6.07, 6.45) is 1.16. The molecule has 0 aromatic heterocycles. The number of hydrogen-bond acceptors (Lipinski definition) is 2. The molecule has 0 amide bonds. The van der Waals surface area contributed by atoms with Crippen LogP contribution in [0.1, 0.15) is 35.2 Å². The Labute approximate surface area is 132 Å². The first-order chi connectivity index (χ1) is 10.2. The zero-order valence-corrected chi connectivity index (χ0v) is 13.8. The molecular weight excluding hydrogens is 274 g/mol. The minimum atomic E-state index is 0.423. The number of nitrogens with one attached hydrogen (secondary N) is 1. The molecule has 1 N–H and O–H groups in total. The molecule has 1 aliphatic rings. The summed E-state index contributed by atoms with van der Waals surface area (Å²) in [5, 5.41) is 4.29. The molecule has 0 aliphatic carbocycles. The van der Waals surface area contributed by atoms with Crippen LogP contribution in [0.4, 0.5) is 0 Å². The molecule has 3 rings (SSSR count). The van der Waals surface area contributed by atoms with Crippen LogP contribution in [-0.2, 0) is 6.42 Å². The van der Waals surface area contributed by atoms with Gasteiger partial charge in [0.25, 0.3) is 0 Å². The van der Waals surface area contributed by atoms with Gasteiger partial charge in [-0.25, -0.2) is 0 Å². The minimum absolute atomic E-state index is 0.423. The van der Waals surface area contributed by atoms with Crippen molar-refractivity contribution in [3.05, 3.63) is 64.7 Å². The van der Waals surface area contributed by atoms with E-state index >= 15 is 0 Å². The van der Waals surface area contributed by atoms with E-state index in [0.717, 1.165) is 13.0 Å². The zero-order chi connectivity index (χ0) is 14.8. The van der Waals surface area contributed by atoms with Gasteiger partial charge in [0.05, 0.1) is 0 Å². The molecule has 2 atom stereocenters. The Bertz CT molecular complexity index is 610. The van der Waals surface area contributed by atoms with E-state index in [9.17, 15) is 0 Å². The van der Waals surface area contributed by atoms with E-state index in [0.29, 0.717) is 11.3 Å². The van der Waals surface area contributed by atoms with Crippen LogP contribution in [0.25, 0.3) is 0 Å². The lowest BCUT2D eigenvalue weighted by molar-refractivity contribution is 0.531. The van der Waals surface area contributed by atoms with Crippen molar-refractivity contribution in [3.8, 4) is 0 Å². The summed E-state index contributed by atoms with van der Waals surface area (Å²) in [4.78, 5) is 1.45. The van der Waals surface area contributed by atoms with Crippen LogP contribution in [0.5, 0.6) is 0 Å². The summed E-state index contributed by atoms with van der Waals surface area (Å²) >= 11 is 2.03.